The number of nitrogens with zero attached hydrogens (tertiary/aromatic N) is 1. The van der Waals surface area contributed by atoms with Crippen LogP contribution in [-0.4, -0.2) is 47.5 Å². The van der Waals surface area contributed by atoms with Gasteiger partial charge in [0.05, 0.1) is 27.9 Å². The van der Waals surface area contributed by atoms with E-state index in [1.165, 1.54) is 0 Å². The normalized spacial score (nSPS) is 11.1. The number of aliphatic imine (C=N–C) groups is 1. The van der Waals surface area contributed by atoms with Crippen LogP contribution in [0.4, 0.5) is 0 Å². The van der Waals surface area contributed by atoms with Crippen LogP contribution in [0.25, 0.3) is 0 Å². The number of ether oxygens (including phenoxy) is 4. The van der Waals surface area contributed by atoms with Crippen LogP contribution in [0.3, 0.4) is 0 Å². The van der Waals surface area contributed by atoms with Crippen molar-refractivity contribution in [1.29, 1.82) is 0 Å². The van der Waals surface area contributed by atoms with Gasteiger partial charge in [0, 0.05) is 26.7 Å². The lowest BCUT2D eigenvalue weighted by atomic mass is 10.2. The van der Waals surface area contributed by atoms with Crippen LogP contribution < -0.4 is 24.8 Å². The summed E-state index contributed by atoms with van der Waals surface area (Å²) in [5.41, 5.74) is 2.21. The van der Waals surface area contributed by atoms with Crippen molar-refractivity contribution in [1.82, 2.24) is 10.6 Å². The van der Waals surface area contributed by atoms with Gasteiger partial charge in [0.25, 0.3) is 0 Å². The second kappa shape index (κ2) is 12.5. The molecule has 0 saturated carbocycles. The average molecular weight is 402 g/mol. The summed E-state index contributed by atoms with van der Waals surface area (Å²) in [6, 6.07) is 13.7. The Morgan fingerprint density at radius 1 is 0.862 bits per heavy atom. The third-order valence-electron chi connectivity index (χ3n) is 4.32. The van der Waals surface area contributed by atoms with Gasteiger partial charge in [-0.1, -0.05) is 18.2 Å². The Morgan fingerprint density at radius 2 is 1.59 bits per heavy atom. The molecule has 0 aliphatic rings. The molecule has 158 valence electrons. The molecule has 0 fully saturated rings. The van der Waals surface area contributed by atoms with Gasteiger partial charge in [-0.15, -0.1) is 0 Å². The van der Waals surface area contributed by atoms with Gasteiger partial charge in [-0.25, -0.2) is 0 Å². The van der Waals surface area contributed by atoms with Crippen LogP contribution in [-0.2, 0) is 17.9 Å². The third kappa shape index (κ3) is 7.54. The fourth-order valence-corrected chi connectivity index (χ4v) is 2.69. The summed E-state index contributed by atoms with van der Waals surface area (Å²) in [6.45, 7) is 2.67. The van der Waals surface area contributed by atoms with Crippen LogP contribution in [0.2, 0.25) is 0 Å². The molecular weight excluding hydrogens is 370 g/mol. The molecule has 2 aromatic carbocycles. The second-order valence-corrected chi connectivity index (χ2v) is 6.30. The highest BCUT2D eigenvalue weighted by molar-refractivity contribution is 5.79. The van der Waals surface area contributed by atoms with Crippen molar-refractivity contribution in [2.24, 2.45) is 4.99 Å². The minimum absolute atomic E-state index is 0.594. The standard InChI is InChI=1S/C22H31N3O4/c1-23-22(25-15-18-8-11-20(27-3)21(14-18)28-4)24-12-5-13-29-16-17-6-9-19(26-2)10-7-17/h6-11,14H,5,12-13,15-16H2,1-4H3,(H2,23,24,25). The van der Waals surface area contributed by atoms with E-state index in [9.17, 15) is 0 Å². The Morgan fingerprint density at radius 3 is 2.24 bits per heavy atom. The van der Waals surface area contributed by atoms with E-state index in [2.05, 4.69) is 15.6 Å². The van der Waals surface area contributed by atoms with E-state index in [1.807, 2.05) is 42.5 Å². The van der Waals surface area contributed by atoms with E-state index in [-0.39, 0.29) is 0 Å². The lowest BCUT2D eigenvalue weighted by Gasteiger charge is -2.13. The predicted octanol–water partition coefficient (Wildman–Crippen LogP) is 2.98. The van der Waals surface area contributed by atoms with Crippen LogP contribution in [0.1, 0.15) is 17.5 Å². The molecule has 0 bridgehead atoms. The van der Waals surface area contributed by atoms with E-state index in [1.54, 1.807) is 28.4 Å². The Kier molecular flexibility index (Phi) is 9.65. The van der Waals surface area contributed by atoms with Gasteiger partial charge in [0.15, 0.2) is 17.5 Å². The number of methoxy groups -OCH3 is 3. The average Bonchev–Trinajstić information content (AvgIpc) is 2.78. The zero-order chi connectivity index (χ0) is 20.9. The quantitative estimate of drug-likeness (QED) is 0.343. The second-order valence-electron chi connectivity index (χ2n) is 6.30. The molecule has 7 heteroatoms. The topological polar surface area (TPSA) is 73.3 Å². The summed E-state index contributed by atoms with van der Waals surface area (Å²) in [4.78, 5) is 4.25. The molecule has 2 N–H and O–H groups in total. The van der Waals surface area contributed by atoms with Crippen LogP contribution in [0.15, 0.2) is 47.5 Å². The fourth-order valence-electron chi connectivity index (χ4n) is 2.69. The van der Waals surface area contributed by atoms with Crippen molar-refractivity contribution in [3.8, 4) is 17.2 Å². The maximum Gasteiger partial charge on any atom is 0.191 e. The summed E-state index contributed by atoms with van der Waals surface area (Å²) in [5.74, 6) is 3.03. The van der Waals surface area contributed by atoms with Gasteiger partial charge in [0.1, 0.15) is 5.75 Å². The highest BCUT2D eigenvalue weighted by Gasteiger charge is 2.05. The third-order valence-corrected chi connectivity index (χ3v) is 4.32. The number of hydrogen-bond acceptors (Lipinski definition) is 5. The van der Waals surface area contributed by atoms with E-state index in [0.29, 0.717) is 31.3 Å². The van der Waals surface area contributed by atoms with Gasteiger partial charge in [-0.2, -0.15) is 0 Å². The SMILES string of the molecule is CN=C(NCCCOCc1ccc(OC)cc1)NCc1ccc(OC)c(OC)c1. The molecule has 0 amide bonds. The highest BCUT2D eigenvalue weighted by Crippen LogP contribution is 2.27. The lowest BCUT2D eigenvalue weighted by Crippen LogP contribution is -2.37. The van der Waals surface area contributed by atoms with Crippen molar-refractivity contribution < 1.29 is 18.9 Å². The van der Waals surface area contributed by atoms with Crippen molar-refractivity contribution in [3.63, 3.8) is 0 Å². The van der Waals surface area contributed by atoms with Crippen molar-refractivity contribution in [2.75, 3.05) is 41.5 Å². The van der Waals surface area contributed by atoms with E-state index >= 15 is 0 Å². The molecule has 7 nitrogen and oxygen atoms in total. The fraction of sp³-hybridized carbons (Fsp3) is 0.409. The maximum atomic E-state index is 5.72. The smallest absolute Gasteiger partial charge is 0.191 e. The predicted molar refractivity (Wildman–Crippen MR) is 115 cm³/mol. The number of hydrogen-bond donors (Lipinski definition) is 2. The molecule has 2 aromatic rings. The molecule has 0 heterocycles. The van der Waals surface area contributed by atoms with E-state index in [4.69, 9.17) is 18.9 Å². The van der Waals surface area contributed by atoms with Crippen LogP contribution >= 0.6 is 0 Å². The van der Waals surface area contributed by atoms with Crippen LogP contribution in [0.5, 0.6) is 17.2 Å². The Hall–Kier alpha value is -2.93. The number of nitrogens with one attached hydrogen (secondary N) is 2. The molecule has 29 heavy (non-hydrogen) atoms. The first-order valence-electron chi connectivity index (χ1n) is 9.56. The number of rotatable bonds is 11. The van der Waals surface area contributed by atoms with Crippen molar-refractivity contribution in [2.45, 2.75) is 19.6 Å². The minimum Gasteiger partial charge on any atom is -0.497 e. The highest BCUT2D eigenvalue weighted by atomic mass is 16.5. The summed E-state index contributed by atoms with van der Waals surface area (Å²) in [5, 5.41) is 6.58. The molecule has 0 atom stereocenters. The number of benzene rings is 2. The molecule has 2 rings (SSSR count). The first kappa shape index (κ1) is 22.4. The summed E-state index contributed by atoms with van der Waals surface area (Å²) >= 11 is 0. The first-order chi connectivity index (χ1) is 14.2. The molecule has 0 spiro atoms. The minimum atomic E-state index is 0.594. The van der Waals surface area contributed by atoms with E-state index in [0.717, 1.165) is 35.8 Å². The largest absolute Gasteiger partial charge is 0.497 e. The number of guanidine groups is 1. The Balaban J connectivity index is 1.64. The Bertz CT molecular complexity index is 763. The van der Waals surface area contributed by atoms with Crippen molar-refractivity contribution >= 4 is 5.96 Å². The molecule has 0 aliphatic heterocycles. The summed E-state index contributed by atoms with van der Waals surface area (Å²) in [6.07, 6.45) is 0.882. The van der Waals surface area contributed by atoms with Gasteiger partial charge < -0.3 is 29.6 Å². The van der Waals surface area contributed by atoms with Gasteiger partial charge in [-0.05, 0) is 41.8 Å². The molecule has 0 aromatic heterocycles. The van der Waals surface area contributed by atoms with Crippen LogP contribution in [0, 0.1) is 0 Å². The molecule has 0 saturated heterocycles. The van der Waals surface area contributed by atoms with Gasteiger partial charge in [0.2, 0.25) is 0 Å². The Labute approximate surface area is 173 Å². The van der Waals surface area contributed by atoms with Gasteiger partial charge in [-0.3, -0.25) is 4.99 Å². The molecule has 0 aliphatic carbocycles. The molecule has 0 unspecified atom stereocenters. The van der Waals surface area contributed by atoms with Gasteiger partial charge >= 0.3 is 0 Å². The van der Waals surface area contributed by atoms with E-state index < -0.39 is 0 Å². The zero-order valence-electron chi connectivity index (χ0n) is 17.7. The first-order valence-corrected chi connectivity index (χ1v) is 9.56. The molecular formula is C22H31N3O4. The maximum absolute atomic E-state index is 5.72. The zero-order valence-corrected chi connectivity index (χ0v) is 17.7. The lowest BCUT2D eigenvalue weighted by molar-refractivity contribution is 0.119. The monoisotopic (exact) mass is 401 g/mol. The van der Waals surface area contributed by atoms with Crippen molar-refractivity contribution in [3.05, 3.63) is 53.6 Å². The molecule has 0 radical (unpaired) electrons. The summed E-state index contributed by atoms with van der Waals surface area (Å²) < 4.78 is 21.5. The summed E-state index contributed by atoms with van der Waals surface area (Å²) in [7, 11) is 6.67.